The summed E-state index contributed by atoms with van der Waals surface area (Å²) in [6.07, 6.45) is -1.60. The molecule has 3 aromatic carbocycles. The summed E-state index contributed by atoms with van der Waals surface area (Å²) in [5.74, 6) is 1.83. The van der Waals surface area contributed by atoms with Crippen molar-refractivity contribution in [2.24, 2.45) is 0 Å². The van der Waals surface area contributed by atoms with Gasteiger partial charge in [0.25, 0.3) is 15.7 Å². The number of carboxylic acid groups (broad SMARTS) is 1. The molecule has 6 nitrogen and oxygen atoms in total. The molecule has 0 aliphatic carbocycles. The van der Waals surface area contributed by atoms with E-state index in [9.17, 15) is 18.9 Å². The lowest BCUT2D eigenvalue weighted by atomic mass is 9.92. The summed E-state index contributed by atoms with van der Waals surface area (Å²) >= 11 is 0. The van der Waals surface area contributed by atoms with Crippen molar-refractivity contribution in [2.75, 3.05) is 13.3 Å². The largest absolute Gasteiger partial charge is 0.481 e. The lowest BCUT2D eigenvalue weighted by molar-refractivity contribution is -0.138. The van der Waals surface area contributed by atoms with Crippen LogP contribution in [0.25, 0.3) is 11.1 Å². The maximum Gasteiger partial charge on any atom is 0.305 e. The Morgan fingerprint density at radius 2 is 1.47 bits per heavy atom. The quantitative estimate of drug-likeness (QED) is 0.0904. The standard InChI is InChI=1S/C40H47FNO5PSi/c1-28(2)37-26-36(30-19-21-31(41)22-20-30)35(39(42-37)29(3)4)23-24-48(45,46-8)27-32(25-38(43)44)47-49(40(5,6)7,33-15-11-9-12-16-33)34-17-13-10-14-18-34/h9-22,26,28-29,32H,25,27H2,1-8H3,(H,43,44)/t32-,48?/m0/s1. The van der Waals surface area contributed by atoms with Crippen LogP contribution in [0, 0.1) is 17.4 Å². The van der Waals surface area contributed by atoms with Crippen LogP contribution in [-0.2, 0) is 18.3 Å². The van der Waals surface area contributed by atoms with Gasteiger partial charge in [0.15, 0.2) is 0 Å². The maximum atomic E-state index is 14.6. The smallest absolute Gasteiger partial charge is 0.305 e. The molecular formula is C40H47FNO5PSi. The monoisotopic (exact) mass is 699 g/mol. The average molecular weight is 700 g/mol. The van der Waals surface area contributed by atoms with Crippen LogP contribution in [0.3, 0.4) is 0 Å². The lowest BCUT2D eigenvalue weighted by Gasteiger charge is -2.45. The number of carbonyl (C=O) groups is 1. The molecule has 0 fully saturated rings. The van der Waals surface area contributed by atoms with Gasteiger partial charge in [0.05, 0.1) is 29.9 Å². The summed E-state index contributed by atoms with van der Waals surface area (Å²) in [6, 6.07) is 27.9. The number of benzene rings is 3. The highest BCUT2D eigenvalue weighted by Gasteiger charge is 2.52. The summed E-state index contributed by atoms with van der Waals surface area (Å²) < 4.78 is 41.3. The molecule has 0 saturated heterocycles. The van der Waals surface area contributed by atoms with Crippen molar-refractivity contribution in [3.05, 3.63) is 114 Å². The zero-order valence-corrected chi connectivity index (χ0v) is 31.6. The third-order valence-corrected chi connectivity index (χ3v) is 15.6. The second kappa shape index (κ2) is 15.8. The average Bonchev–Trinajstić information content (AvgIpc) is 3.06. The number of pyridine rings is 1. The Morgan fingerprint density at radius 1 is 0.918 bits per heavy atom. The van der Waals surface area contributed by atoms with Crippen molar-refractivity contribution in [1.82, 2.24) is 4.98 Å². The molecule has 0 radical (unpaired) electrons. The molecule has 0 saturated carbocycles. The minimum absolute atomic E-state index is 0.0256. The van der Waals surface area contributed by atoms with Gasteiger partial charge in [-0.25, -0.2) is 4.39 Å². The van der Waals surface area contributed by atoms with Crippen LogP contribution in [0.2, 0.25) is 5.04 Å². The van der Waals surface area contributed by atoms with Gasteiger partial charge in [-0.2, -0.15) is 0 Å². The first-order chi connectivity index (χ1) is 23.1. The van der Waals surface area contributed by atoms with Crippen LogP contribution in [-0.4, -0.2) is 43.8 Å². The summed E-state index contributed by atoms with van der Waals surface area (Å²) in [5.41, 5.74) is 6.62. The van der Waals surface area contributed by atoms with E-state index in [1.165, 1.54) is 19.2 Å². The van der Waals surface area contributed by atoms with Crippen molar-refractivity contribution in [2.45, 2.75) is 77.9 Å². The second-order valence-electron chi connectivity index (χ2n) is 13.9. The number of nitrogens with zero attached hydrogens (tertiary/aromatic N) is 1. The topological polar surface area (TPSA) is 85.7 Å². The van der Waals surface area contributed by atoms with E-state index >= 15 is 0 Å². The fraction of sp³-hybridized carbons (Fsp3) is 0.350. The van der Waals surface area contributed by atoms with E-state index in [0.29, 0.717) is 5.56 Å². The van der Waals surface area contributed by atoms with Crippen molar-refractivity contribution in [3.63, 3.8) is 0 Å². The van der Waals surface area contributed by atoms with Gasteiger partial charge in [-0.1, -0.05) is 127 Å². The Bertz CT molecular complexity index is 1810. The maximum absolute atomic E-state index is 14.6. The highest BCUT2D eigenvalue weighted by atomic mass is 31.2. The molecule has 9 heteroatoms. The Balaban J connectivity index is 1.88. The highest BCUT2D eigenvalue weighted by molar-refractivity contribution is 7.64. The first kappa shape index (κ1) is 37.9. The van der Waals surface area contributed by atoms with Gasteiger partial charge in [0.1, 0.15) is 5.82 Å². The van der Waals surface area contributed by atoms with Crippen LogP contribution in [0.15, 0.2) is 91.0 Å². The van der Waals surface area contributed by atoms with Gasteiger partial charge < -0.3 is 14.1 Å². The number of rotatable bonds is 12. The number of hydrogen-bond donors (Lipinski definition) is 1. The Labute approximate surface area is 291 Å². The van der Waals surface area contributed by atoms with Crippen molar-refractivity contribution in [1.29, 1.82) is 0 Å². The van der Waals surface area contributed by atoms with E-state index in [-0.39, 0.29) is 30.2 Å². The van der Waals surface area contributed by atoms with E-state index in [1.807, 2.05) is 80.6 Å². The lowest BCUT2D eigenvalue weighted by Crippen LogP contribution is -2.68. The molecular weight excluding hydrogens is 652 g/mol. The molecule has 49 heavy (non-hydrogen) atoms. The van der Waals surface area contributed by atoms with Crippen molar-refractivity contribution < 1.29 is 27.8 Å². The minimum Gasteiger partial charge on any atom is -0.481 e. The predicted octanol–water partition coefficient (Wildman–Crippen LogP) is 8.79. The van der Waals surface area contributed by atoms with Crippen LogP contribution in [0.1, 0.15) is 83.7 Å². The molecule has 2 atom stereocenters. The van der Waals surface area contributed by atoms with E-state index in [0.717, 1.165) is 32.9 Å². The van der Waals surface area contributed by atoms with E-state index in [1.54, 1.807) is 12.1 Å². The van der Waals surface area contributed by atoms with Crippen LogP contribution < -0.4 is 10.4 Å². The van der Waals surface area contributed by atoms with Crippen LogP contribution >= 0.6 is 7.37 Å². The molecule has 0 bridgehead atoms. The molecule has 4 aromatic rings. The molecule has 1 heterocycles. The van der Waals surface area contributed by atoms with Crippen molar-refractivity contribution >= 4 is 32.0 Å². The second-order valence-corrected chi connectivity index (χ2v) is 20.5. The normalized spacial score (nSPS) is 13.9. The van der Waals surface area contributed by atoms with Crippen LogP contribution in [0.5, 0.6) is 0 Å². The fourth-order valence-corrected chi connectivity index (χ4v) is 12.3. The zero-order valence-electron chi connectivity index (χ0n) is 29.7. The summed E-state index contributed by atoms with van der Waals surface area (Å²) in [5, 5.41) is 11.6. The van der Waals surface area contributed by atoms with E-state index < -0.39 is 32.8 Å². The van der Waals surface area contributed by atoms with Gasteiger partial charge in [0.2, 0.25) is 0 Å². The number of halogens is 1. The molecule has 258 valence electrons. The molecule has 1 N–H and O–H groups in total. The molecule has 1 aromatic heterocycles. The Hall–Kier alpha value is -3.86. The number of carboxylic acids is 1. The number of hydrogen-bond acceptors (Lipinski definition) is 5. The third-order valence-electron chi connectivity index (χ3n) is 8.61. The first-order valence-corrected chi connectivity index (χ1v) is 20.3. The van der Waals surface area contributed by atoms with Gasteiger partial charge >= 0.3 is 5.97 Å². The van der Waals surface area contributed by atoms with Crippen molar-refractivity contribution in [3.8, 4) is 22.7 Å². The van der Waals surface area contributed by atoms with Gasteiger partial charge in [0, 0.05) is 18.4 Å². The first-order valence-electron chi connectivity index (χ1n) is 16.6. The fourth-order valence-electron chi connectivity index (χ4n) is 6.14. The predicted molar refractivity (Wildman–Crippen MR) is 199 cm³/mol. The Morgan fingerprint density at radius 3 is 1.92 bits per heavy atom. The van der Waals surface area contributed by atoms with Gasteiger partial charge in [-0.15, -0.1) is 0 Å². The van der Waals surface area contributed by atoms with Gasteiger partial charge in [-0.05, 0) is 56.7 Å². The summed E-state index contributed by atoms with van der Waals surface area (Å²) in [6.45, 7) is 14.5. The summed E-state index contributed by atoms with van der Waals surface area (Å²) in [7, 11) is -5.69. The Kier molecular flexibility index (Phi) is 12.2. The minimum atomic E-state index is -3.81. The van der Waals surface area contributed by atoms with Gasteiger partial charge in [-0.3, -0.25) is 14.3 Å². The molecule has 0 aliphatic rings. The number of aromatic nitrogens is 1. The molecule has 0 spiro atoms. The zero-order chi connectivity index (χ0) is 36.0. The van der Waals surface area contributed by atoms with E-state index in [4.69, 9.17) is 13.9 Å². The summed E-state index contributed by atoms with van der Waals surface area (Å²) in [4.78, 5) is 17.3. The molecule has 4 rings (SSSR count). The molecule has 0 aliphatic heterocycles. The SMILES string of the molecule is COP(=O)(C#Cc1c(-c2ccc(F)cc2)cc(C(C)C)nc1C(C)C)C[C@H](CC(=O)O)O[Si](c1ccccc1)(c1ccccc1)C(C)(C)C. The van der Waals surface area contributed by atoms with Crippen LogP contribution in [0.4, 0.5) is 4.39 Å². The molecule has 0 amide bonds. The third kappa shape index (κ3) is 8.84. The molecule has 1 unspecified atom stereocenters. The highest BCUT2D eigenvalue weighted by Crippen LogP contribution is 2.48. The number of aliphatic carboxylic acids is 1. The van der Waals surface area contributed by atoms with E-state index in [2.05, 4.69) is 46.2 Å².